The number of likely N-dealkylation sites (tertiary alicyclic amines) is 1. The summed E-state index contributed by atoms with van der Waals surface area (Å²) in [7, 11) is 0. The van der Waals surface area contributed by atoms with E-state index in [9.17, 15) is 24.3 Å². The molecule has 3 aliphatic rings. The first-order valence-electron chi connectivity index (χ1n) is 15.6. The summed E-state index contributed by atoms with van der Waals surface area (Å²) in [4.78, 5) is 58.2. The summed E-state index contributed by atoms with van der Waals surface area (Å²) < 4.78 is 12.1. The second-order valence-electron chi connectivity index (χ2n) is 12.0. The van der Waals surface area contributed by atoms with Crippen LogP contribution < -0.4 is 10.2 Å². The van der Waals surface area contributed by atoms with E-state index >= 15 is 0 Å². The SMILES string of the molecule is C=CCCC(=O)OC[C@@H](NC(=O)[C@@H]1[C@@H]2CC[C@]3(O2)[C@H](C(=O)N(CC=C)c2ccccc2Cl)N([C@H](C)CO)C(=O)[C@@H]13)c1ccccc1. The molecule has 11 heteroatoms. The van der Waals surface area contributed by atoms with Crippen molar-refractivity contribution in [3.63, 3.8) is 0 Å². The van der Waals surface area contributed by atoms with E-state index in [1.54, 1.807) is 43.3 Å². The lowest BCUT2D eigenvalue weighted by atomic mass is 9.70. The summed E-state index contributed by atoms with van der Waals surface area (Å²) in [5, 5.41) is 13.6. The van der Waals surface area contributed by atoms with Gasteiger partial charge in [0, 0.05) is 13.0 Å². The molecule has 2 N–H and O–H groups in total. The molecule has 3 fully saturated rings. The first-order valence-corrected chi connectivity index (χ1v) is 16.0. The maximum absolute atomic E-state index is 14.6. The standard InChI is InChI=1S/C35H40ClN3O7/c1-4-6-16-28(41)45-21-25(23-12-8-7-9-13-23)37-32(42)29-27-17-18-35(46-27)30(29)33(43)39(22(3)20-40)31(35)34(44)38(19-5-2)26-15-11-10-14-24(26)36/h4-5,7-15,22,25,27,29-31,40H,1-2,6,16-21H2,3H3,(H,37,42)/t22-,25-,27+,29-,30-,31+,35-/m1/s1. The number of rotatable bonds is 14. The molecule has 2 aromatic carbocycles. The van der Waals surface area contributed by atoms with Crippen LogP contribution in [0.2, 0.25) is 5.02 Å². The Morgan fingerprint density at radius 3 is 2.57 bits per heavy atom. The van der Waals surface area contributed by atoms with Gasteiger partial charge < -0.3 is 29.7 Å². The van der Waals surface area contributed by atoms with Crippen LogP contribution in [0.5, 0.6) is 0 Å². The van der Waals surface area contributed by atoms with E-state index in [0.717, 1.165) is 5.56 Å². The van der Waals surface area contributed by atoms with Crippen molar-refractivity contribution in [3.05, 3.63) is 90.5 Å². The fourth-order valence-electron chi connectivity index (χ4n) is 7.13. The Morgan fingerprint density at radius 2 is 1.89 bits per heavy atom. The van der Waals surface area contributed by atoms with Crippen molar-refractivity contribution in [1.82, 2.24) is 10.2 Å². The minimum atomic E-state index is -1.29. The van der Waals surface area contributed by atoms with E-state index in [4.69, 9.17) is 21.1 Å². The zero-order valence-electron chi connectivity index (χ0n) is 25.8. The highest BCUT2D eigenvalue weighted by atomic mass is 35.5. The number of aliphatic hydroxyl groups is 1. The Morgan fingerprint density at radius 1 is 1.17 bits per heavy atom. The zero-order valence-corrected chi connectivity index (χ0v) is 26.6. The van der Waals surface area contributed by atoms with Crippen LogP contribution in [0, 0.1) is 11.8 Å². The topological polar surface area (TPSA) is 125 Å². The number of amides is 3. The van der Waals surface area contributed by atoms with E-state index in [0.29, 0.717) is 30.0 Å². The third kappa shape index (κ3) is 6.09. The largest absolute Gasteiger partial charge is 0.463 e. The number of anilines is 1. The van der Waals surface area contributed by atoms with Gasteiger partial charge in [0.2, 0.25) is 11.8 Å². The number of benzene rings is 2. The fraction of sp³-hybridized carbons (Fsp3) is 0.429. The van der Waals surface area contributed by atoms with Crippen LogP contribution in [0.15, 0.2) is 79.9 Å². The Labute approximate surface area is 274 Å². The first-order chi connectivity index (χ1) is 22.2. The zero-order chi connectivity index (χ0) is 33.0. The minimum Gasteiger partial charge on any atom is -0.463 e. The molecule has 3 saturated heterocycles. The number of nitrogens with one attached hydrogen (secondary N) is 1. The van der Waals surface area contributed by atoms with Gasteiger partial charge in [-0.05, 0) is 43.9 Å². The maximum atomic E-state index is 14.6. The number of hydrogen-bond donors (Lipinski definition) is 2. The van der Waals surface area contributed by atoms with Gasteiger partial charge in [0.05, 0.1) is 47.3 Å². The number of fused-ring (bicyclic) bond motifs is 1. The second kappa shape index (κ2) is 14.2. The first kappa shape index (κ1) is 33.4. The molecule has 3 heterocycles. The van der Waals surface area contributed by atoms with Crippen molar-refractivity contribution in [3.8, 4) is 0 Å². The summed E-state index contributed by atoms with van der Waals surface area (Å²) in [6.45, 7) is 8.73. The van der Waals surface area contributed by atoms with E-state index < -0.39 is 65.4 Å². The van der Waals surface area contributed by atoms with E-state index in [1.165, 1.54) is 9.80 Å². The number of para-hydroxylation sites is 1. The van der Waals surface area contributed by atoms with E-state index in [1.807, 2.05) is 30.3 Å². The lowest BCUT2D eigenvalue weighted by molar-refractivity contribution is -0.146. The molecule has 2 bridgehead atoms. The monoisotopic (exact) mass is 649 g/mol. The van der Waals surface area contributed by atoms with Crippen molar-refractivity contribution >= 4 is 41.0 Å². The van der Waals surface area contributed by atoms with Gasteiger partial charge >= 0.3 is 5.97 Å². The van der Waals surface area contributed by atoms with Gasteiger partial charge in [0.15, 0.2) is 0 Å². The van der Waals surface area contributed by atoms with Crippen LogP contribution in [0.4, 0.5) is 5.69 Å². The molecule has 2 aromatic rings. The summed E-state index contributed by atoms with van der Waals surface area (Å²) in [6.07, 6.45) is 4.09. The number of allylic oxidation sites excluding steroid dienone is 1. The van der Waals surface area contributed by atoms with Gasteiger partial charge in [-0.1, -0.05) is 66.2 Å². The molecule has 0 aromatic heterocycles. The Hall–Kier alpha value is -3.99. The molecular formula is C35H40ClN3O7. The van der Waals surface area contributed by atoms with Crippen LogP contribution in [0.3, 0.4) is 0 Å². The maximum Gasteiger partial charge on any atom is 0.306 e. The highest BCUT2D eigenvalue weighted by Gasteiger charge is 2.75. The molecule has 244 valence electrons. The quantitative estimate of drug-likeness (QED) is 0.234. The van der Waals surface area contributed by atoms with Crippen molar-refractivity contribution < 1.29 is 33.8 Å². The smallest absolute Gasteiger partial charge is 0.306 e. The average molecular weight is 650 g/mol. The number of hydrogen-bond acceptors (Lipinski definition) is 7. The van der Waals surface area contributed by atoms with Crippen LogP contribution in [-0.2, 0) is 28.7 Å². The fourth-order valence-corrected chi connectivity index (χ4v) is 7.37. The number of halogens is 1. The molecule has 5 rings (SSSR count). The molecule has 3 aliphatic heterocycles. The van der Waals surface area contributed by atoms with Gasteiger partial charge in [0.25, 0.3) is 5.91 Å². The minimum absolute atomic E-state index is 0.100. The molecule has 0 aliphatic carbocycles. The van der Waals surface area contributed by atoms with Crippen LogP contribution in [-0.4, -0.2) is 77.2 Å². The molecule has 10 nitrogen and oxygen atoms in total. The van der Waals surface area contributed by atoms with Crippen molar-refractivity contribution in [2.45, 2.75) is 62.4 Å². The van der Waals surface area contributed by atoms with E-state index in [-0.39, 0.29) is 26.2 Å². The normalized spacial score (nSPS) is 25.8. The van der Waals surface area contributed by atoms with Crippen molar-refractivity contribution in [2.24, 2.45) is 11.8 Å². The van der Waals surface area contributed by atoms with Gasteiger partial charge in [-0.3, -0.25) is 19.2 Å². The Balaban J connectivity index is 1.47. The molecule has 0 radical (unpaired) electrons. The molecule has 46 heavy (non-hydrogen) atoms. The Bertz CT molecular complexity index is 1490. The molecule has 3 amide bonds. The summed E-state index contributed by atoms with van der Waals surface area (Å²) in [6, 6.07) is 13.5. The lowest BCUT2D eigenvalue weighted by Gasteiger charge is -2.38. The van der Waals surface area contributed by atoms with Crippen molar-refractivity contribution in [2.75, 3.05) is 24.7 Å². The highest BCUT2D eigenvalue weighted by molar-refractivity contribution is 6.34. The number of aliphatic hydroxyl groups excluding tert-OH is 1. The van der Waals surface area contributed by atoms with Crippen LogP contribution in [0.25, 0.3) is 0 Å². The summed E-state index contributed by atoms with van der Waals surface area (Å²) in [5.41, 5.74) is -0.106. The predicted molar refractivity (Wildman–Crippen MR) is 173 cm³/mol. The summed E-state index contributed by atoms with van der Waals surface area (Å²) >= 11 is 6.51. The Kier molecular flexibility index (Phi) is 10.3. The number of carbonyl (C=O) groups is 4. The lowest BCUT2D eigenvalue weighted by Crippen LogP contribution is -2.58. The van der Waals surface area contributed by atoms with Crippen LogP contribution in [0.1, 0.15) is 44.2 Å². The van der Waals surface area contributed by atoms with Gasteiger partial charge in [-0.25, -0.2) is 0 Å². The highest BCUT2D eigenvalue weighted by Crippen LogP contribution is 2.59. The summed E-state index contributed by atoms with van der Waals surface area (Å²) in [5.74, 6) is -3.56. The molecule has 1 spiro atoms. The van der Waals surface area contributed by atoms with Gasteiger partial charge in [-0.15, -0.1) is 13.2 Å². The number of ether oxygens (including phenoxy) is 2. The molecule has 7 atom stereocenters. The van der Waals surface area contributed by atoms with Gasteiger partial charge in [-0.2, -0.15) is 0 Å². The van der Waals surface area contributed by atoms with Crippen LogP contribution >= 0.6 is 11.6 Å². The molecular weight excluding hydrogens is 610 g/mol. The average Bonchev–Trinajstić information content (AvgIpc) is 3.72. The number of nitrogens with zero attached hydrogens (tertiary/aromatic N) is 2. The molecule has 0 saturated carbocycles. The third-order valence-electron chi connectivity index (χ3n) is 9.22. The van der Waals surface area contributed by atoms with Gasteiger partial charge in [0.1, 0.15) is 18.2 Å². The molecule has 0 unspecified atom stereocenters. The number of carbonyl (C=O) groups excluding carboxylic acids is 4. The number of esters is 1. The predicted octanol–water partition coefficient (Wildman–Crippen LogP) is 3.98. The third-order valence-corrected chi connectivity index (χ3v) is 9.54. The van der Waals surface area contributed by atoms with E-state index in [2.05, 4.69) is 18.5 Å². The second-order valence-corrected chi connectivity index (χ2v) is 12.4. The van der Waals surface area contributed by atoms with Crippen molar-refractivity contribution in [1.29, 1.82) is 0 Å².